The van der Waals surface area contributed by atoms with E-state index >= 15 is 0 Å². The van der Waals surface area contributed by atoms with Gasteiger partial charge in [-0.05, 0) is 13.8 Å². The lowest BCUT2D eigenvalue weighted by molar-refractivity contribution is -0.174. The molecule has 80 valence electrons. The number of esters is 1. The maximum absolute atomic E-state index is 11.3. The van der Waals surface area contributed by atoms with Crippen molar-refractivity contribution in [3.63, 3.8) is 0 Å². The quantitative estimate of drug-likeness (QED) is 0.325. The Kier molecular flexibility index (Phi) is 2.78. The zero-order chi connectivity index (χ0) is 11.7. The van der Waals surface area contributed by atoms with Crippen LogP contribution < -0.4 is 0 Å². The molecule has 1 saturated heterocycles. The maximum Gasteiger partial charge on any atom is 0.383 e. The highest BCUT2D eigenvalue weighted by molar-refractivity contribution is 6.65. The fraction of sp³-hybridized carbons (Fsp3) is 0.444. The van der Waals surface area contributed by atoms with E-state index in [1.807, 2.05) is 0 Å². The monoisotopic (exact) mass is 212 g/mol. The summed E-state index contributed by atoms with van der Waals surface area (Å²) in [7, 11) is 0. The topological polar surface area (TPSA) is 94.6 Å². The van der Waals surface area contributed by atoms with Crippen LogP contribution in [0, 0.1) is 5.92 Å². The standard InChI is InChI=1S/C9H8O6/c1-3(10)5-6(12)7(13)9(14)15-8(5)4(2)11/h5,8H,1-2H3. The number of hydrogen-bond acceptors (Lipinski definition) is 6. The molecule has 0 spiro atoms. The highest BCUT2D eigenvalue weighted by Gasteiger charge is 2.48. The van der Waals surface area contributed by atoms with Crippen LogP contribution in [0.15, 0.2) is 0 Å². The smallest absolute Gasteiger partial charge is 0.383 e. The first kappa shape index (κ1) is 11.2. The van der Waals surface area contributed by atoms with E-state index in [1.54, 1.807) is 0 Å². The van der Waals surface area contributed by atoms with E-state index in [2.05, 4.69) is 4.74 Å². The Balaban J connectivity index is 3.12. The Labute approximate surface area is 84.6 Å². The lowest BCUT2D eigenvalue weighted by Crippen LogP contribution is -2.51. The first-order valence-electron chi connectivity index (χ1n) is 4.16. The summed E-state index contributed by atoms with van der Waals surface area (Å²) in [6.07, 6.45) is -1.46. The molecule has 2 atom stereocenters. The van der Waals surface area contributed by atoms with Gasteiger partial charge in [-0.3, -0.25) is 19.2 Å². The van der Waals surface area contributed by atoms with Crippen LogP contribution in [0.1, 0.15) is 13.8 Å². The van der Waals surface area contributed by atoms with Gasteiger partial charge in [0.2, 0.25) is 5.78 Å². The largest absolute Gasteiger partial charge is 0.447 e. The fourth-order valence-electron chi connectivity index (χ4n) is 1.33. The SMILES string of the molecule is CC(=O)C1OC(=O)C(=O)C(=O)C1C(C)=O. The molecule has 0 saturated carbocycles. The number of Topliss-reactive ketones (excluding diaryl/α,β-unsaturated/α-hetero) is 4. The van der Waals surface area contributed by atoms with E-state index < -0.39 is 41.1 Å². The van der Waals surface area contributed by atoms with Crippen molar-refractivity contribution in [2.45, 2.75) is 20.0 Å². The third kappa shape index (κ3) is 1.83. The zero-order valence-electron chi connectivity index (χ0n) is 8.10. The van der Waals surface area contributed by atoms with E-state index in [9.17, 15) is 24.0 Å². The van der Waals surface area contributed by atoms with E-state index in [1.165, 1.54) is 0 Å². The number of cyclic esters (lactones) is 1. The van der Waals surface area contributed by atoms with Crippen LogP contribution in [0.5, 0.6) is 0 Å². The minimum absolute atomic E-state index is 0.635. The van der Waals surface area contributed by atoms with E-state index in [0.717, 1.165) is 13.8 Å². The molecule has 1 fully saturated rings. The van der Waals surface area contributed by atoms with Gasteiger partial charge in [0.1, 0.15) is 11.7 Å². The first-order valence-corrected chi connectivity index (χ1v) is 4.16. The highest BCUT2D eigenvalue weighted by atomic mass is 16.6. The van der Waals surface area contributed by atoms with Crippen molar-refractivity contribution < 1.29 is 28.7 Å². The Morgan fingerprint density at radius 1 is 1.07 bits per heavy atom. The first-order chi connectivity index (χ1) is 6.86. The summed E-state index contributed by atoms with van der Waals surface area (Å²) < 4.78 is 4.42. The van der Waals surface area contributed by atoms with Gasteiger partial charge in [0.05, 0.1) is 0 Å². The summed E-state index contributed by atoms with van der Waals surface area (Å²) in [5.74, 6) is -6.71. The Hall–Kier alpha value is -1.85. The number of ketones is 4. The zero-order valence-corrected chi connectivity index (χ0v) is 8.10. The van der Waals surface area contributed by atoms with Crippen molar-refractivity contribution in [1.82, 2.24) is 0 Å². The predicted molar refractivity (Wildman–Crippen MR) is 44.7 cm³/mol. The van der Waals surface area contributed by atoms with Gasteiger partial charge in [-0.2, -0.15) is 0 Å². The van der Waals surface area contributed by atoms with Crippen LogP contribution in [-0.2, 0) is 28.7 Å². The molecule has 0 aromatic heterocycles. The van der Waals surface area contributed by atoms with Crippen molar-refractivity contribution in [2.75, 3.05) is 0 Å². The fourth-order valence-corrected chi connectivity index (χ4v) is 1.33. The molecule has 0 aliphatic carbocycles. The number of carbonyl (C=O) groups excluding carboxylic acids is 5. The minimum Gasteiger partial charge on any atom is -0.447 e. The summed E-state index contributed by atoms with van der Waals surface area (Å²) in [5.41, 5.74) is 0. The van der Waals surface area contributed by atoms with Crippen molar-refractivity contribution >= 4 is 29.1 Å². The van der Waals surface area contributed by atoms with Gasteiger partial charge in [0, 0.05) is 0 Å². The molecule has 1 aliphatic rings. The Morgan fingerprint density at radius 3 is 2.00 bits per heavy atom. The number of ether oxygens (including phenoxy) is 1. The average molecular weight is 212 g/mol. The second-order valence-corrected chi connectivity index (χ2v) is 3.22. The van der Waals surface area contributed by atoms with E-state index in [0.29, 0.717) is 0 Å². The molecule has 6 nitrogen and oxygen atoms in total. The molecule has 0 aromatic carbocycles. The van der Waals surface area contributed by atoms with Crippen LogP contribution in [0.2, 0.25) is 0 Å². The van der Waals surface area contributed by atoms with Gasteiger partial charge in [-0.25, -0.2) is 4.79 Å². The molecule has 1 rings (SSSR count). The molecule has 1 heterocycles. The number of rotatable bonds is 2. The third-order valence-corrected chi connectivity index (χ3v) is 2.07. The normalized spacial score (nSPS) is 26.1. The molecule has 2 unspecified atom stereocenters. The second kappa shape index (κ2) is 3.72. The van der Waals surface area contributed by atoms with Gasteiger partial charge in [0.25, 0.3) is 0 Å². The molecular weight excluding hydrogens is 204 g/mol. The maximum atomic E-state index is 11.3. The van der Waals surface area contributed by atoms with Gasteiger partial charge >= 0.3 is 11.8 Å². The molecule has 6 heteroatoms. The highest BCUT2D eigenvalue weighted by Crippen LogP contribution is 2.18. The van der Waals surface area contributed by atoms with Gasteiger partial charge < -0.3 is 4.74 Å². The minimum atomic E-state index is -1.48. The summed E-state index contributed by atoms with van der Waals surface area (Å²) >= 11 is 0. The summed E-state index contributed by atoms with van der Waals surface area (Å²) in [6, 6.07) is 0. The number of hydrogen-bond donors (Lipinski definition) is 0. The molecular formula is C9H8O6. The van der Waals surface area contributed by atoms with Crippen LogP contribution in [0.25, 0.3) is 0 Å². The molecule has 0 bridgehead atoms. The van der Waals surface area contributed by atoms with E-state index in [4.69, 9.17) is 0 Å². The van der Waals surface area contributed by atoms with E-state index in [-0.39, 0.29) is 0 Å². The van der Waals surface area contributed by atoms with Crippen molar-refractivity contribution in [3.8, 4) is 0 Å². The Morgan fingerprint density at radius 2 is 1.60 bits per heavy atom. The second-order valence-electron chi connectivity index (χ2n) is 3.22. The van der Waals surface area contributed by atoms with Crippen molar-refractivity contribution in [1.29, 1.82) is 0 Å². The van der Waals surface area contributed by atoms with Crippen LogP contribution in [0.3, 0.4) is 0 Å². The lowest BCUT2D eigenvalue weighted by Gasteiger charge is -2.24. The summed E-state index contributed by atoms with van der Waals surface area (Å²) in [4.78, 5) is 55.1. The summed E-state index contributed by atoms with van der Waals surface area (Å²) in [5, 5.41) is 0. The molecule has 0 N–H and O–H groups in total. The number of carbonyl (C=O) groups is 5. The van der Waals surface area contributed by atoms with Gasteiger partial charge in [0.15, 0.2) is 11.9 Å². The van der Waals surface area contributed by atoms with Crippen LogP contribution in [0.4, 0.5) is 0 Å². The Bertz CT molecular complexity index is 380. The molecule has 0 aromatic rings. The third-order valence-electron chi connectivity index (χ3n) is 2.07. The van der Waals surface area contributed by atoms with Crippen molar-refractivity contribution in [2.24, 2.45) is 5.92 Å². The van der Waals surface area contributed by atoms with Crippen LogP contribution in [-0.4, -0.2) is 35.2 Å². The summed E-state index contributed by atoms with van der Waals surface area (Å²) in [6.45, 7) is 2.14. The lowest BCUT2D eigenvalue weighted by atomic mass is 9.87. The molecule has 1 aliphatic heterocycles. The molecule has 15 heavy (non-hydrogen) atoms. The molecule has 0 amide bonds. The van der Waals surface area contributed by atoms with Crippen molar-refractivity contribution in [3.05, 3.63) is 0 Å². The average Bonchev–Trinajstić information content (AvgIpc) is 2.12. The van der Waals surface area contributed by atoms with Gasteiger partial charge in [-0.15, -0.1) is 0 Å². The van der Waals surface area contributed by atoms with Crippen LogP contribution >= 0.6 is 0 Å². The molecule has 0 radical (unpaired) electrons. The van der Waals surface area contributed by atoms with Gasteiger partial charge in [-0.1, -0.05) is 0 Å². The predicted octanol–water partition coefficient (Wildman–Crippen LogP) is -1.16.